The van der Waals surface area contributed by atoms with Crippen molar-refractivity contribution in [1.82, 2.24) is 0 Å². The van der Waals surface area contributed by atoms with Crippen molar-refractivity contribution >= 4 is 11.6 Å². The Morgan fingerprint density at radius 2 is 1.06 bits per heavy atom. The molecule has 0 N–H and O–H groups in total. The van der Waals surface area contributed by atoms with E-state index in [9.17, 15) is 0 Å². The molecule has 0 spiro atoms. The molecule has 0 heterocycles. The van der Waals surface area contributed by atoms with Crippen molar-refractivity contribution in [2.45, 2.75) is 50.4 Å². The minimum absolute atomic E-state index is 0.138. The fraction of sp³-hybridized carbons (Fsp3) is 0.250. The van der Waals surface area contributed by atoms with Gasteiger partial charge < -0.3 is 0 Å². The van der Waals surface area contributed by atoms with E-state index in [1.165, 1.54) is 44.5 Å². The van der Waals surface area contributed by atoms with Crippen molar-refractivity contribution in [2.75, 3.05) is 0 Å². The lowest BCUT2D eigenvalue weighted by Crippen LogP contribution is -2.29. The molecule has 0 bridgehead atoms. The molecule has 0 aromatic heterocycles. The van der Waals surface area contributed by atoms with Crippen molar-refractivity contribution < 1.29 is 0 Å². The first-order valence-electron chi connectivity index (χ1n) is 11.9. The lowest BCUT2D eigenvalue weighted by Gasteiger charge is -2.34. The van der Waals surface area contributed by atoms with Gasteiger partial charge in [-0.25, -0.2) is 0 Å². The Morgan fingerprint density at radius 3 is 1.64 bits per heavy atom. The van der Waals surface area contributed by atoms with Crippen LogP contribution in [0.5, 0.6) is 0 Å². The van der Waals surface area contributed by atoms with Gasteiger partial charge in [-0.3, -0.25) is 0 Å². The summed E-state index contributed by atoms with van der Waals surface area (Å²) in [6, 6.07) is 33.4. The van der Waals surface area contributed by atoms with E-state index in [0.717, 1.165) is 11.4 Å². The van der Waals surface area contributed by atoms with E-state index in [1.54, 1.807) is 0 Å². The summed E-state index contributed by atoms with van der Waals surface area (Å²) in [5.41, 5.74) is 10.8. The molecule has 2 aliphatic carbocycles. The topological polar surface area (TPSA) is 0 Å². The standard InChI is InChI=1S/C32H29Cl/c1-30(2)20-31(3,4)29-19-27-25(18-28(29)30)24-16-15-23(33)17-26(24)32(27,21-11-7-5-8-12-21)22-13-9-6-10-14-22/h5-19H,20H2,1-4H3. The van der Waals surface area contributed by atoms with Crippen LogP contribution in [0.25, 0.3) is 11.1 Å². The average Bonchev–Trinajstić information content (AvgIpc) is 3.18. The molecule has 0 radical (unpaired) electrons. The first-order valence-corrected chi connectivity index (χ1v) is 12.2. The fourth-order valence-electron chi connectivity index (χ4n) is 6.92. The van der Waals surface area contributed by atoms with Crippen LogP contribution in [0.15, 0.2) is 91.0 Å². The maximum atomic E-state index is 6.66. The predicted molar refractivity (Wildman–Crippen MR) is 139 cm³/mol. The molecule has 0 amide bonds. The number of hydrogen-bond acceptors (Lipinski definition) is 0. The SMILES string of the molecule is CC1(C)CC(C)(C)c2cc3c(cc21)-c1ccc(Cl)cc1C3(c1ccccc1)c1ccccc1. The Labute approximate surface area is 202 Å². The molecule has 33 heavy (non-hydrogen) atoms. The second-order valence-corrected chi connectivity index (χ2v) is 11.5. The Morgan fingerprint density at radius 1 is 0.545 bits per heavy atom. The molecule has 4 aromatic rings. The third kappa shape index (κ3) is 2.77. The molecule has 0 saturated carbocycles. The Hall–Kier alpha value is -2.83. The van der Waals surface area contributed by atoms with Gasteiger partial charge in [-0.15, -0.1) is 0 Å². The minimum atomic E-state index is -0.393. The van der Waals surface area contributed by atoms with Crippen LogP contribution >= 0.6 is 11.6 Å². The largest absolute Gasteiger partial charge is 0.0843 e. The van der Waals surface area contributed by atoms with Gasteiger partial charge in [0.15, 0.2) is 0 Å². The summed E-state index contributed by atoms with van der Waals surface area (Å²) in [5, 5.41) is 0.783. The molecule has 0 atom stereocenters. The second-order valence-electron chi connectivity index (χ2n) is 11.1. The van der Waals surface area contributed by atoms with Crippen LogP contribution < -0.4 is 0 Å². The first-order chi connectivity index (χ1) is 15.7. The van der Waals surface area contributed by atoms with E-state index in [-0.39, 0.29) is 10.8 Å². The third-order valence-corrected chi connectivity index (χ3v) is 8.23. The minimum Gasteiger partial charge on any atom is -0.0843 e. The van der Waals surface area contributed by atoms with Crippen LogP contribution in [0, 0.1) is 0 Å². The van der Waals surface area contributed by atoms with E-state index >= 15 is 0 Å². The van der Waals surface area contributed by atoms with Gasteiger partial charge in [0.1, 0.15) is 0 Å². The zero-order chi connectivity index (χ0) is 23.0. The van der Waals surface area contributed by atoms with Crippen molar-refractivity contribution in [2.24, 2.45) is 0 Å². The molecule has 4 aromatic carbocycles. The fourth-order valence-corrected chi connectivity index (χ4v) is 7.09. The van der Waals surface area contributed by atoms with Gasteiger partial charge in [0, 0.05) is 5.02 Å². The predicted octanol–water partition coefficient (Wildman–Crippen LogP) is 8.66. The molecule has 0 unspecified atom stereocenters. The van der Waals surface area contributed by atoms with Gasteiger partial charge in [-0.05, 0) is 80.0 Å². The van der Waals surface area contributed by atoms with Crippen molar-refractivity contribution in [3.63, 3.8) is 0 Å². The molecule has 0 aliphatic heterocycles. The quantitative estimate of drug-likeness (QED) is 0.253. The number of rotatable bonds is 2. The van der Waals surface area contributed by atoms with E-state index in [0.29, 0.717) is 0 Å². The highest BCUT2D eigenvalue weighted by atomic mass is 35.5. The summed E-state index contributed by atoms with van der Waals surface area (Å²) in [6.45, 7) is 9.59. The molecule has 0 nitrogen and oxygen atoms in total. The highest BCUT2D eigenvalue weighted by molar-refractivity contribution is 6.30. The highest BCUT2D eigenvalue weighted by Gasteiger charge is 2.49. The summed E-state index contributed by atoms with van der Waals surface area (Å²) in [7, 11) is 0. The van der Waals surface area contributed by atoms with Gasteiger partial charge in [0.25, 0.3) is 0 Å². The van der Waals surface area contributed by atoms with Gasteiger partial charge in [-0.1, -0.05) is 112 Å². The van der Waals surface area contributed by atoms with Crippen molar-refractivity contribution in [1.29, 1.82) is 0 Å². The zero-order valence-electron chi connectivity index (χ0n) is 19.7. The molecular formula is C32H29Cl. The van der Waals surface area contributed by atoms with Crippen molar-refractivity contribution in [3.8, 4) is 11.1 Å². The van der Waals surface area contributed by atoms with E-state index in [2.05, 4.69) is 113 Å². The van der Waals surface area contributed by atoms with Gasteiger partial charge in [-0.2, -0.15) is 0 Å². The van der Waals surface area contributed by atoms with Gasteiger partial charge in [0.05, 0.1) is 5.41 Å². The summed E-state index contributed by atoms with van der Waals surface area (Å²) in [6.07, 6.45) is 1.16. The molecule has 2 aliphatic rings. The summed E-state index contributed by atoms with van der Waals surface area (Å²) in [5.74, 6) is 0. The first kappa shape index (κ1) is 20.8. The van der Waals surface area contributed by atoms with Gasteiger partial charge >= 0.3 is 0 Å². The summed E-state index contributed by atoms with van der Waals surface area (Å²) >= 11 is 6.66. The number of hydrogen-bond donors (Lipinski definition) is 0. The lowest BCUT2D eigenvalue weighted by atomic mass is 9.67. The number of benzene rings is 4. The number of fused-ring (bicyclic) bond motifs is 4. The molecule has 6 rings (SSSR count). The monoisotopic (exact) mass is 448 g/mol. The van der Waals surface area contributed by atoms with Crippen molar-refractivity contribution in [3.05, 3.63) is 129 Å². The smallest absolute Gasteiger partial charge is 0.0714 e. The maximum absolute atomic E-state index is 6.66. The zero-order valence-corrected chi connectivity index (χ0v) is 20.5. The normalized spacial score (nSPS) is 18.5. The third-order valence-electron chi connectivity index (χ3n) is 7.99. The lowest BCUT2D eigenvalue weighted by molar-refractivity contribution is 0.403. The van der Waals surface area contributed by atoms with Crippen LogP contribution in [0.2, 0.25) is 5.02 Å². The van der Waals surface area contributed by atoms with Crippen LogP contribution in [-0.4, -0.2) is 0 Å². The maximum Gasteiger partial charge on any atom is 0.0714 e. The Balaban J connectivity index is 1.81. The van der Waals surface area contributed by atoms with Crippen LogP contribution in [-0.2, 0) is 16.2 Å². The summed E-state index contributed by atoms with van der Waals surface area (Å²) < 4.78 is 0. The highest BCUT2D eigenvalue weighted by Crippen LogP contribution is 2.60. The van der Waals surface area contributed by atoms with Gasteiger partial charge in [0.2, 0.25) is 0 Å². The Kier molecular flexibility index (Phi) is 4.30. The molecule has 1 heteroatoms. The molecule has 164 valence electrons. The Bertz CT molecular complexity index is 1340. The average molecular weight is 449 g/mol. The van der Waals surface area contributed by atoms with E-state index in [4.69, 9.17) is 11.6 Å². The molecule has 0 saturated heterocycles. The molecular weight excluding hydrogens is 420 g/mol. The molecule has 0 fully saturated rings. The second kappa shape index (κ2) is 6.84. The van der Waals surface area contributed by atoms with Crippen LogP contribution in [0.4, 0.5) is 0 Å². The van der Waals surface area contributed by atoms with Crippen LogP contribution in [0.1, 0.15) is 67.5 Å². The van der Waals surface area contributed by atoms with E-state index in [1.807, 2.05) is 6.07 Å². The number of halogens is 1. The summed E-state index contributed by atoms with van der Waals surface area (Å²) in [4.78, 5) is 0. The van der Waals surface area contributed by atoms with Crippen LogP contribution in [0.3, 0.4) is 0 Å². The van der Waals surface area contributed by atoms with E-state index < -0.39 is 5.41 Å².